The first-order valence-electron chi connectivity index (χ1n) is 9.23. The van der Waals surface area contributed by atoms with Crippen molar-refractivity contribution in [2.45, 2.75) is 30.8 Å². The summed E-state index contributed by atoms with van der Waals surface area (Å²) in [6.07, 6.45) is 2.09. The van der Waals surface area contributed by atoms with E-state index in [1.165, 1.54) is 0 Å². The van der Waals surface area contributed by atoms with Crippen LogP contribution in [0.1, 0.15) is 18.4 Å². The van der Waals surface area contributed by atoms with Gasteiger partial charge in [-0.3, -0.25) is 4.72 Å². The molecule has 3 aromatic rings. The molecule has 1 aromatic heterocycles. The summed E-state index contributed by atoms with van der Waals surface area (Å²) < 4.78 is 34.0. The van der Waals surface area contributed by atoms with Crippen LogP contribution >= 0.6 is 0 Å². The van der Waals surface area contributed by atoms with Gasteiger partial charge in [0.15, 0.2) is 11.6 Å². The molecule has 0 unspecified atom stereocenters. The number of benzene rings is 2. The van der Waals surface area contributed by atoms with Crippen molar-refractivity contribution in [3.63, 3.8) is 0 Å². The molecule has 0 spiro atoms. The smallest absolute Gasteiger partial charge is 0.263 e. The molecular formula is C20H22N4O3S. The Hall–Kier alpha value is -2.71. The number of hydrogen-bond acceptors (Lipinski definition) is 6. The minimum Gasteiger partial charge on any atom is -0.376 e. The fourth-order valence-electron chi connectivity index (χ4n) is 3.18. The average molecular weight is 398 g/mol. The Balaban J connectivity index is 1.68. The Morgan fingerprint density at radius 3 is 2.50 bits per heavy atom. The Morgan fingerprint density at radius 1 is 1.07 bits per heavy atom. The van der Waals surface area contributed by atoms with E-state index in [1.807, 2.05) is 31.2 Å². The minimum absolute atomic E-state index is 0.0921. The van der Waals surface area contributed by atoms with Gasteiger partial charge in [0.25, 0.3) is 10.0 Å². The molecule has 0 bridgehead atoms. The quantitative estimate of drug-likeness (QED) is 0.662. The number of sulfonamides is 1. The van der Waals surface area contributed by atoms with Crippen LogP contribution in [0.3, 0.4) is 0 Å². The third-order valence-corrected chi connectivity index (χ3v) is 5.96. The van der Waals surface area contributed by atoms with Crippen molar-refractivity contribution in [3.05, 3.63) is 54.1 Å². The highest BCUT2D eigenvalue weighted by molar-refractivity contribution is 7.92. The Bertz CT molecular complexity index is 1100. The molecule has 1 saturated heterocycles. The predicted molar refractivity (Wildman–Crippen MR) is 109 cm³/mol. The van der Waals surface area contributed by atoms with E-state index < -0.39 is 10.0 Å². The summed E-state index contributed by atoms with van der Waals surface area (Å²) in [7, 11) is -3.79. The molecule has 1 aliphatic heterocycles. The number of rotatable bonds is 6. The molecule has 0 saturated carbocycles. The lowest BCUT2D eigenvalue weighted by molar-refractivity contribution is 0.120. The molecule has 2 heterocycles. The van der Waals surface area contributed by atoms with Crippen LogP contribution in [-0.2, 0) is 14.8 Å². The van der Waals surface area contributed by atoms with Gasteiger partial charge in [0, 0.05) is 13.2 Å². The fraction of sp³-hybridized carbons (Fsp3) is 0.300. The Kier molecular flexibility index (Phi) is 5.15. The van der Waals surface area contributed by atoms with Gasteiger partial charge in [-0.05, 0) is 49.6 Å². The summed E-state index contributed by atoms with van der Waals surface area (Å²) in [6.45, 7) is 3.15. The lowest BCUT2D eigenvalue weighted by Crippen LogP contribution is -2.21. The number of para-hydroxylation sites is 2. The second kappa shape index (κ2) is 7.73. The molecule has 0 radical (unpaired) electrons. The normalized spacial score (nSPS) is 17.0. The summed E-state index contributed by atoms with van der Waals surface area (Å²) in [5.74, 6) is 0.573. The zero-order chi connectivity index (χ0) is 19.6. The van der Waals surface area contributed by atoms with Gasteiger partial charge < -0.3 is 10.1 Å². The standard InChI is InChI=1S/C20H22N4O3S/c1-14-6-4-8-16(12-14)28(25,26)24-20-19(21-13-15-7-5-11-27-15)22-17-9-2-3-10-18(17)23-20/h2-4,6,8-10,12,15H,5,7,11,13H2,1H3,(H,21,22)(H,23,24)/t15-/m1/s1. The third kappa shape index (κ3) is 4.07. The van der Waals surface area contributed by atoms with Crippen LogP contribution < -0.4 is 10.0 Å². The summed E-state index contributed by atoms with van der Waals surface area (Å²) in [6, 6.07) is 14.1. The molecule has 8 heteroatoms. The maximum absolute atomic E-state index is 12.9. The maximum Gasteiger partial charge on any atom is 0.263 e. The highest BCUT2D eigenvalue weighted by atomic mass is 32.2. The van der Waals surface area contributed by atoms with Crippen LogP contribution in [0.5, 0.6) is 0 Å². The first-order chi connectivity index (χ1) is 13.5. The molecule has 28 heavy (non-hydrogen) atoms. The zero-order valence-electron chi connectivity index (χ0n) is 15.6. The highest BCUT2D eigenvalue weighted by Gasteiger charge is 2.21. The second-order valence-electron chi connectivity index (χ2n) is 6.85. The van der Waals surface area contributed by atoms with Gasteiger partial charge in [0.05, 0.1) is 22.0 Å². The number of aromatic nitrogens is 2. The monoisotopic (exact) mass is 398 g/mol. The Labute approximate surface area is 164 Å². The number of hydrogen-bond donors (Lipinski definition) is 2. The first-order valence-corrected chi connectivity index (χ1v) is 10.7. The van der Waals surface area contributed by atoms with Crippen LogP contribution in [0.15, 0.2) is 53.4 Å². The highest BCUT2D eigenvalue weighted by Crippen LogP contribution is 2.25. The van der Waals surface area contributed by atoms with Gasteiger partial charge in [-0.15, -0.1) is 0 Å². The predicted octanol–water partition coefficient (Wildman–Crippen LogP) is 3.33. The topological polar surface area (TPSA) is 93.2 Å². The molecule has 0 amide bonds. The first kappa shape index (κ1) is 18.6. The molecule has 146 valence electrons. The molecule has 0 aliphatic carbocycles. The molecule has 4 rings (SSSR count). The van der Waals surface area contributed by atoms with Gasteiger partial charge in [-0.25, -0.2) is 18.4 Å². The average Bonchev–Trinajstić information content (AvgIpc) is 3.20. The molecule has 1 atom stereocenters. The van der Waals surface area contributed by atoms with E-state index in [0.717, 1.165) is 25.0 Å². The molecule has 7 nitrogen and oxygen atoms in total. The lowest BCUT2D eigenvalue weighted by Gasteiger charge is -2.16. The van der Waals surface area contributed by atoms with Crippen molar-refractivity contribution < 1.29 is 13.2 Å². The van der Waals surface area contributed by atoms with E-state index in [9.17, 15) is 8.42 Å². The van der Waals surface area contributed by atoms with Crippen molar-refractivity contribution in [3.8, 4) is 0 Å². The number of nitrogens with zero attached hydrogens (tertiary/aromatic N) is 2. The summed E-state index contributed by atoms with van der Waals surface area (Å²) in [4.78, 5) is 9.26. The van der Waals surface area contributed by atoms with Crippen LogP contribution in [0.25, 0.3) is 11.0 Å². The lowest BCUT2D eigenvalue weighted by atomic mass is 10.2. The molecule has 1 aliphatic rings. The van der Waals surface area contributed by atoms with E-state index >= 15 is 0 Å². The molecule has 2 aromatic carbocycles. The van der Waals surface area contributed by atoms with Crippen LogP contribution in [0.4, 0.5) is 11.6 Å². The third-order valence-electron chi connectivity index (χ3n) is 4.62. The SMILES string of the molecule is Cc1cccc(S(=O)(=O)Nc2nc3ccccc3nc2NC[C@H]2CCCO2)c1. The number of nitrogens with one attached hydrogen (secondary N) is 2. The van der Waals surface area contributed by atoms with Crippen molar-refractivity contribution in [2.24, 2.45) is 0 Å². The van der Waals surface area contributed by atoms with Crippen molar-refractivity contribution in [2.75, 3.05) is 23.2 Å². The minimum atomic E-state index is -3.79. The van der Waals surface area contributed by atoms with Crippen LogP contribution in [-0.4, -0.2) is 37.6 Å². The maximum atomic E-state index is 12.9. The zero-order valence-corrected chi connectivity index (χ0v) is 16.4. The number of fused-ring (bicyclic) bond motifs is 1. The summed E-state index contributed by atoms with van der Waals surface area (Å²) in [5.41, 5.74) is 2.17. The van der Waals surface area contributed by atoms with E-state index in [4.69, 9.17) is 4.74 Å². The number of ether oxygens (including phenoxy) is 1. The van der Waals surface area contributed by atoms with Gasteiger partial charge in [0.1, 0.15) is 0 Å². The van der Waals surface area contributed by atoms with E-state index in [0.29, 0.717) is 23.4 Å². The van der Waals surface area contributed by atoms with Crippen molar-refractivity contribution in [1.29, 1.82) is 0 Å². The van der Waals surface area contributed by atoms with Crippen molar-refractivity contribution >= 4 is 32.7 Å². The summed E-state index contributed by atoms with van der Waals surface area (Å²) in [5, 5.41) is 3.21. The van der Waals surface area contributed by atoms with Gasteiger partial charge in [-0.2, -0.15) is 0 Å². The molecule has 1 fully saturated rings. The van der Waals surface area contributed by atoms with E-state index in [-0.39, 0.29) is 16.8 Å². The van der Waals surface area contributed by atoms with E-state index in [2.05, 4.69) is 20.0 Å². The van der Waals surface area contributed by atoms with Gasteiger partial charge in [-0.1, -0.05) is 24.3 Å². The van der Waals surface area contributed by atoms with Crippen molar-refractivity contribution in [1.82, 2.24) is 9.97 Å². The van der Waals surface area contributed by atoms with Gasteiger partial charge in [0.2, 0.25) is 0 Å². The number of anilines is 2. The molecular weight excluding hydrogens is 376 g/mol. The Morgan fingerprint density at radius 2 is 1.82 bits per heavy atom. The van der Waals surface area contributed by atoms with Crippen LogP contribution in [0, 0.1) is 6.92 Å². The largest absolute Gasteiger partial charge is 0.376 e. The van der Waals surface area contributed by atoms with Gasteiger partial charge >= 0.3 is 0 Å². The number of aryl methyl sites for hydroxylation is 1. The fourth-order valence-corrected chi connectivity index (χ4v) is 4.29. The van der Waals surface area contributed by atoms with E-state index in [1.54, 1.807) is 24.3 Å². The summed E-state index contributed by atoms with van der Waals surface area (Å²) >= 11 is 0. The van der Waals surface area contributed by atoms with Crippen LogP contribution in [0.2, 0.25) is 0 Å². The second-order valence-corrected chi connectivity index (χ2v) is 8.53. The molecule has 2 N–H and O–H groups in total.